The Morgan fingerprint density at radius 3 is 2.62 bits per heavy atom. The molecule has 0 aliphatic carbocycles. The van der Waals surface area contributed by atoms with E-state index in [0.717, 1.165) is 22.9 Å². The van der Waals surface area contributed by atoms with Crippen LogP contribution >= 0.6 is 11.8 Å². The fourth-order valence-electron chi connectivity index (χ4n) is 2.40. The summed E-state index contributed by atoms with van der Waals surface area (Å²) >= 11 is 1.09. The minimum atomic E-state index is -0.405. The predicted molar refractivity (Wildman–Crippen MR) is 92.5 cm³/mol. The molecule has 0 fully saturated rings. The van der Waals surface area contributed by atoms with Gasteiger partial charge in [0, 0.05) is 23.3 Å². The molecular formula is C16H13N3O4S. The van der Waals surface area contributed by atoms with E-state index in [2.05, 4.69) is 4.99 Å². The summed E-state index contributed by atoms with van der Waals surface area (Å²) < 4.78 is 5.75. The SMILES string of the molecule is Cc1c(-c2ccc(/C=C3\SC(N)=NC3=O)o2)ccc([N+](=O)[O-])c1C. The molecule has 2 heterocycles. The normalized spacial score (nSPS) is 15.8. The lowest BCUT2D eigenvalue weighted by atomic mass is 10.00. The molecule has 1 aliphatic rings. The monoisotopic (exact) mass is 343 g/mol. The number of carbonyl (C=O) groups excluding carboxylic acids is 1. The number of rotatable bonds is 3. The van der Waals surface area contributed by atoms with E-state index in [-0.39, 0.29) is 10.9 Å². The van der Waals surface area contributed by atoms with Crippen molar-refractivity contribution in [3.05, 3.63) is 56.2 Å². The summed E-state index contributed by atoms with van der Waals surface area (Å²) in [6, 6.07) is 6.60. The number of nitro benzene ring substituents is 1. The Balaban J connectivity index is 1.95. The van der Waals surface area contributed by atoms with Crippen molar-refractivity contribution < 1.29 is 14.1 Å². The van der Waals surface area contributed by atoms with Gasteiger partial charge in [0.25, 0.3) is 11.6 Å². The first kappa shape index (κ1) is 16.0. The predicted octanol–water partition coefficient (Wildman–Crippen LogP) is 3.40. The molecule has 0 radical (unpaired) electrons. The van der Waals surface area contributed by atoms with E-state index in [1.54, 1.807) is 31.2 Å². The van der Waals surface area contributed by atoms with Crippen LogP contribution in [-0.4, -0.2) is 16.0 Å². The van der Waals surface area contributed by atoms with Crippen LogP contribution in [0.2, 0.25) is 0 Å². The van der Waals surface area contributed by atoms with Crippen molar-refractivity contribution in [2.24, 2.45) is 10.7 Å². The lowest BCUT2D eigenvalue weighted by Gasteiger charge is -2.06. The highest BCUT2D eigenvalue weighted by atomic mass is 32.2. The fourth-order valence-corrected chi connectivity index (χ4v) is 3.06. The third-order valence-electron chi connectivity index (χ3n) is 3.76. The van der Waals surface area contributed by atoms with Crippen molar-refractivity contribution in [1.29, 1.82) is 0 Å². The maximum absolute atomic E-state index is 11.6. The molecule has 7 nitrogen and oxygen atoms in total. The molecule has 0 unspecified atom stereocenters. The number of nitrogens with two attached hydrogens (primary N) is 1. The molecule has 1 aliphatic heterocycles. The van der Waals surface area contributed by atoms with Gasteiger partial charge in [0.15, 0.2) is 5.17 Å². The van der Waals surface area contributed by atoms with Gasteiger partial charge in [-0.1, -0.05) is 0 Å². The molecule has 1 aromatic carbocycles. The average Bonchev–Trinajstić information content (AvgIpc) is 3.09. The summed E-state index contributed by atoms with van der Waals surface area (Å²) in [5, 5.41) is 11.2. The molecule has 1 aromatic heterocycles. The topological polar surface area (TPSA) is 112 Å². The molecular weight excluding hydrogens is 330 g/mol. The standard InChI is InChI=1S/C16H13N3O4S/c1-8-9(2)12(19(21)22)5-4-11(8)13-6-3-10(23-13)7-14-15(20)18-16(17)24-14/h3-7H,1-2H3,(H2,17,18,20)/b14-7-. The van der Waals surface area contributed by atoms with Gasteiger partial charge >= 0.3 is 0 Å². The summed E-state index contributed by atoms with van der Waals surface area (Å²) in [7, 11) is 0. The van der Waals surface area contributed by atoms with E-state index in [0.29, 0.717) is 22.0 Å². The van der Waals surface area contributed by atoms with Crippen LogP contribution in [0.3, 0.4) is 0 Å². The van der Waals surface area contributed by atoms with Gasteiger partial charge in [-0.05, 0) is 49.4 Å². The zero-order valence-corrected chi connectivity index (χ0v) is 13.7. The smallest absolute Gasteiger partial charge is 0.286 e. The molecule has 0 bridgehead atoms. The van der Waals surface area contributed by atoms with Crippen molar-refractivity contribution in [1.82, 2.24) is 0 Å². The molecule has 0 atom stereocenters. The Morgan fingerprint density at radius 2 is 2.00 bits per heavy atom. The Morgan fingerprint density at radius 1 is 1.25 bits per heavy atom. The van der Waals surface area contributed by atoms with Crippen LogP contribution < -0.4 is 5.73 Å². The molecule has 0 saturated carbocycles. The minimum Gasteiger partial charge on any atom is -0.457 e. The summed E-state index contributed by atoms with van der Waals surface area (Å²) in [6.07, 6.45) is 1.58. The number of thioether (sulfide) groups is 1. The van der Waals surface area contributed by atoms with Crippen molar-refractivity contribution in [2.45, 2.75) is 13.8 Å². The second-order valence-electron chi connectivity index (χ2n) is 5.21. The number of nitrogens with zero attached hydrogens (tertiary/aromatic N) is 2. The lowest BCUT2D eigenvalue weighted by Crippen LogP contribution is -2.01. The van der Waals surface area contributed by atoms with E-state index >= 15 is 0 Å². The third-order valence-corrected chi connectivity index (χ3v) is 4.57. The van der Waals surface area contributed by atoms with E-state index in [1.165, 1.54) is 6.07 Å². The second kappa shape index (κ2) is 5.97. The van der Waals surface area contributed by atoms with Crippen LogP contribution in [0.1, 0.15) is 16.9 Å². The number of amidine groups is 1. The number of benzene rings is 1. The van der Waals surface area contributed by atoms with Gasteiger partial charge in [0.2, 0.25) is 0 Å². The number of furan rings is 1. The maximum atomic E-state index is 11.6. The average molecular weight is 343 g/mol. The first-order valence-corrected chi connectivity index (χ1v) is 7.81. The zero-order chi connectivity index (χ0) is 17.4. The Bertz CT molecular complexity index is 927. The van der Waals surface area contributed by atoms with E-state index in [1.807, 2.05) is 6.92 Å². The van der Waals surface area contributed by atoms with Gasteiger partial charge in [0.1, 0.15) is 11.5 Å². The van der Waals surface area contributed by atoms with E-state index in [9.17, 15) is 14.9 Å². The van der Waals surface area contributed by atoms with Crippen molar-refractivity contribution in [3.8, 4) is 11.3 Å². The van der Waals surface area contributed by atoms with Crippen LogP contribution in [0.5, 0.6) is 0 Å². The highest BCUT2D eigenvalue weighted by molar-refractivity contribution is 8.18. The molecule has 0 saturated heterocycles. The Hall–Kier alpha value is -2.87. The largest absolute Gasteiger partial charge is 0.457 e. The second-order valence-corrected chi connectivity index (χ2v) is 6.27. The summed E-state index contributed by atoms with van der Waals surface area (Å²) in [5.74, 6) is 0.667. The highest BCUT2D eigenvalue weighted by Crippen LogP contribution is 2.33. The Kier molecular flexibility index (Phi) is 3.98. The van der Waals surface area contributed by atoms with Crippen LogP contribution in [0, 0.1) is 24.0 Å². The molecule has 8 heteroatoms. The zero-order valence-electron chi connectivity index (χ0n) is 12.9. The molecule has 24 heavy (non-hydrogen) atoms. The van der Waals surface area contributed by atoms with E-state index < -0.39 is 10.8 Å². The van der Waals surface area contributed by atoms with Gasteiger partial charge in [0.05, 0.1) is 9.83 Å². The van der Waals surface area contributed by atoms with Gasteiger partial charge < -0.3 is 10.2 Å². The highest BCUT2D eigenvalue weighted by Gasteiger charge is 2.21. The van der Waals surface area contributed by atoms with Crippen LogP contribution in [0.15, 0.2) is 38.6 Å². The number of amides is 1. The van der Waals surface area contributed by atoms with Crippen molar-refractivity contribution in [3.63, 3.8) is 0 Å². The third kappa shape index (κ3) is 2.83. The molecule has 2 N–H and O–H groups in total. The number of hydrogen-bond acceptors (Lipinski definition) is 6. The molecule has 2 aromatic rings. The van der Waals surface area contributed by atoms with Crippen LogP contribution in [0.25, 0.3) is 17.4 Å². The number of aliphatic imine (C=N–C) groups is 1. The number of carbonyl (C=O) groups is 1. The molecule has 122 valence electrons. The molecule has 3 rings (SSSR count). The quantitative estimate of drug-likeness (QED) is 0.519. The van der Waals surface area contributed by atoms with Crippen molar-refractivity contribution in [2.75, 3.05) is 0 Å². The van der Waals surface area contributed by atoms with Gasteiger partial charge in [-0.25, -0.2) is 0 Å². The molecule has 0 spiro atoms. The summed E-state index contributed by atoms with van der Waals surface area (Å²) in [4.78, 5) is 26.2. The van der Waals surface area contributed by atoms with Crippen LogP contribution in [-0.2, 0) is 4.79 Å². The number of nitro groups is 1. The number of hydrogen-bond donors (Lipinski definition) is 1. The maximum Gasteiger partial charge on any atom is 0.286 e. The molecule has 1 amide bonds. The Labute approximate surface area is 141 Å². The summed E-state index contributed by atoms with van der Waals surface area (Å²) in [5.41, 5.74) is 7.72. The van der Waals surface area contributed by atoms with Crippen LogP contribution in [0.4, 0.5) is 5.69 Å². The fraction of sp³-hybridized carbons (Fsp3) is 0.125. The lowest BCUT2D eigenvalue weighted by molar-refractivity contribution is -0.385. The van der Waals surface area contributed by atoms with Crippen molar-refractivity contribution >= 4 is 34.6 Å². The van der Waals surface area contributed by atoms with Gasteiger partial charge in [-0.3, -0.25) is 14.9 Å². The van der Waals surface area contributed by atoms with Gasteiger partial charge in [-0.15, -0.1) is 0 Å². The minimum absolute atomic E-state index is 0.0747. The van der Waals surface area contributed by atoms with E-state index in [4.69, 9.17) is 10.2 Å². The first-order chi connectivity index (χ1) is 11.4. The first-order valence-electron chi connectivity index (χ1n) is 6.99. The summed E-state index contributed by atoms with van der Waals surface area (Å²) in [6.45, 7) is 3.51. The van der Waals surface area contributed by atoms with Gasteiger partial charge in [-0.2, -0.15) is 4.99 Å².